The van der Waals surface area contributed by atoms with Crippen LogP contribution in [0.4, 0.5) is 0 Å². The average molecular weight is 360 g/mol. The van der Waals surface area contributed by atoms with Crippen LogP contribution in [0.5, 0.6) is 0 Å². The fraction of sp³-hybridized carbons (Fsp3) is 0.300. The lowest BCUT2D eigenvalue weighted by atomic mass is 9.94. The molecule has 0 bridgehead atoms. The van der Waals surface area contributed by atoms with Crippen LogP contribution in [0.15, 0.2) is 47.4 Å². The first-order valence-electron chi connectivity index (χ1n) is 9.23. The van der Waals surface area contributed by atoms with E-state index < -0.39 is 0 Å². The van der Waals surface area contributed by atoms with E-state index in [4.69, 9.17) is 0 Å². The summed E-state index contributed by atoms with van der Waals surface area (Å²) < 4.78 is 3.20. The predicted molar refractivity (Wildman–Crippen MR) is 104 cm³/mol. The molecule has 0 unspecified atom stereocenters. The highest BCUT2D eigenvalue weighted by atomic mass is 16.1. The van der Waals surface area contributed by atoms with Crippen molar-refractivity contribution in [1.29, 1.82) is 0 Å². The van der Waals surface area contributed by atoms with E-state index in [2.05, 4.69) is 20.5 Å². The second-order valence-electron chi connectivity index (χ2n) is 7.11. The van der Waals surface area contributed by atoms with Crippen LogP contribution in [0.3, 0.4) is 0 Å². The Morgan fingerprint density at radius 2 is 1.93 bits per heavy atom. The maximum Gasteiger partial charge on any atom is 0.275 e. The fourth-order valence-electron chi connectivity index (χ4n) is 3.80. The molecule has 0 spiro atoms. The van der Waals surface area contributed by atoms with Gasteiger partial charge in [-0.3, -0.25) is 9.48 Å². The fourth-order valence-corrected chi connectivity index (χ4v) is 3.80. The van der Waals surface area contributed by atoms with Gasteiger partial charge in [0.2, 0.25) is 0 Å². The quantitative estimate of drug-likeness (QED) is 0.592. The smallest absolute Gasteiger partial charge is 0.275 e. The van der Waals surface area contributed by atoms with Gasteiger partial charge >= 0.3 is 0 Å². The minimum atomic E-state index is -0.155. The second kappa shape index (κ2) is 6.28. The Morgan fingerprint density at radius 3 is 2.78 bits per heavy atom. The SMILES string of the molecule is Cn1cc2cc(-c3cc(=O)n4nc(C5CCNCC5)ccc4n3)ccc2n1. The number of hydrogen-bond acceptors (Lipinski definition) is 5. The number of piperidine rings is 1. The van der Waals surface area contributed by atoms with Crippen LogP contribution < -0.4 is 10.9 Å². The third-order valence-electron chi connectivity index (χ3n) is 5.21. The third-order valence-corrected chi connectivity index (χ3v) is 5.21. The van der Waals surface area contributed by atoms with E-state index in [1.807, 2.05) is 43.6 Å². The monoisotopic (exact) mass is 360 g/mol. The highest BCUT2D eigenvalue weighted by molar-refractivity contribution is 5.83. The molecule has 0 amide bonds. The van der Waals surface area contributed by atoms with Gasteiger partial charge in [0, 0.05) is 36.2 Å². The maximum absolute atomic E-state index is 12.7. The number of nitrogens with one attached hydrogen (secondary N) is 1. The summed E-state index contributed by atoms with van der Waals surface area (Å²) in [6, 6.07) is 11.4. The van der Waals surface area contributed by atoms with Gasteiger partial charge in [0.1, 0.15) is 0 Å². The minimum absolute atomic E-state index is 0.155. The number of hydrogen-bond donors (Lipinski definition) is 1. The molecule has 0 aliphatic carbocycles. The molecule has 136 valence electrons. The Kier molecular flexibility index (Phi) is 3.75. The largest absolute Gasteiger partial charge is 0.317 e. The summed E-state index contributed by atoms with van der Waals surface area (Å²) in [7, 11) is 1.89. The molecule has 0 atom stereocenters. The van der Waals surface area contributed by atoms with Crippen LogP contribution in [0.1, 0.15) is 24.5 Å². The first kappa shape index (κ1) is 16.1. The lowest BCUT2D eigenvalue weighted by molar-refractivity contribution is 0.448. The van der Waals surface area contributed by atoms with Gasteiger partial charge in [-0.1, -0.05) is 6.07 Å². The summed E-state index contributed by atoms with van der Waals surface area (Å²) >= 11 is 0. The first-order valence-corrected chi connectivity index (χ1v) is 9.23. The third kappa shape index (κ3) is 2.90. The molecule has 1 aliphatic rings. The number of rotatable bonds is 2. The van der Waals surface area contributed by atoms with Crippen LogP contribution >= 0.6 is 0 Å². The molecule has 0 radical (unpaired) electrons. The molecule has 4 aromatic rings. The Labute approximate surface area is 155 Å². The van der Waals surface area contributed by atoms with Crippen molar-refractivity contribution in [3.8, 4) is 11.3 Å². The van der Waals surface area contributed by atoms with Gasteiger partial charge in [-0.05, 0) is 50.2 Å². The van der Waals surface area contributed by atoms with Gasteiger partial charge in [-0.15, -0.1) is 0 Å². The van der Waals surface area contributed by atoms with Crippen molar-refractivity contribution in [2.75, 3.05) is 13.1 Å². The van der Waals surface area contributed by atoms with Crippen molar-refractivity contribution in [1.82, 2.24) is 29.7 Å². The van der Waals surface area contributed by atoms with E-state index >= 15 is 0 Å². The first-order chi connectivity index (χ1) is 13.2. The van der Waals surface area contributed by atoms with Crippen molar-refractivity contribution in [2.45, 2.75) is 18.8 Å². The lowest BCUT2D eigenvalue weighted by Crippen LogP contribution is -2.28. The van der Waals surface area contributed by atoms with E-state index in [-0.39, 0.29) is 5.56 Å². The number of benzene rings is 1. The van der Waals surface area contributed by atoms with E-state index in [9.17, 15) is 4.79 Å². The van der Waals surface area contributed by atoms with Crippen LogP contribution in [-0.4, -0.2) is 37.5 Å². The van der Waals surface area contributed by atoms with Crippen molar-refractivity contribution in [3.63, 3.8) is 0 Å². The van der Waals surface area contributed by atoms with Crippen molar-refractivity contribution < 1.29 is 0 Å². The van der Waals surface area contributed by atoms with Crippen LogP contribution in [0.25, 0.3) is 27.8 Å². The Morgan fingerprint density at radius 1 is 1.07 bits per heavy atom. The van der Waals surface area contributed by atoms with Crippen LogP contribution in [-0.2, 0) is 7.05 Å². The van der Waals surface area contributed by atoms with Crippen molar-refractivity contribution in [2.24, 2.45) is 7.05 Å². The number of fused-ring (bicyclic) bond motifs is 2. The number of aryl methyl sites for hydroxylation is 1. The van der Waals surface area contributed by atoms with Gasteiger partial charge in [0.25, 0.3) is 5.56 Å². The highest BCUT2D eigenvalue weighted by Gasteiger charge is 2.17. The topological polar surface area (TPSA) is 77.1 Å². The summed E-state index contributed by atoms with van der Waals surface area (Å²) in [4.78, 5) is 17.4. The van der Waals surface area contributed by atoms with E-state index in [1.165, 1.54) is 4.52 Å². The van der Waals surface area contributed by atoms with Gasteiger partial charge in [-0.2, -0.15) is 14.7 Å². The normalized spacial score (nSPS) is 15.6. The summed E-state index contributed by atoms with van der Waals surface area (Å²) in [6.07, 6.45) is 4.05. The molecule has 1 aliphatic heterocycles. The van der Waals surface area contributed by atoms with Crippen LogP contribution in [0.2, 0.25) is 0 Å². The molecular formula is C20H20N6O. The highest BCUT2D eigenvalue weighted by Crippen LogP contribution is 2.24. The molecule has 0 saturated carbocycles. The van der Waals surface area contributed by atoms with Gasteiger partial charge in [0.15, 0.2) is 5.65 Å². The molecule has 1 aromatic carbocycles. The Hall–Kier alpha value is -3.06. The van der Waals surface area contributed by atoms with E-state index in [1.54, 1.807) is 10.7 Å². The molecular weight excluding hydrogens is 340 g/mol. The second-order valence-corrected chi connectivity index (χ2v) is 7.11. The Balaban J connectivity index is 1.58. The molecule has 1 saturated heterocycles. The molecule has 7 heteroatoms. The molecule has 27 heavy (non-hydrogen) atoms. The minimum Gasteiger partial charge on any atom is -0.317 e. The summed E-state index contributed by atoms with van der Waals surface area (Å²) in [5.74, 6) is 0.398. The number of nitrogens with zero attached hydrogens (tertiary/aromatic N) is 5. The molecule has 1 N–H and O–H groups in total. The summed E-state index contributed by atoms with van der Waals surface area (Å²) in [5.41, 5.74) is 3.86. The van der Waals surface area contributed by atoms with E-state index in [0.29, 0.717) is 17.3 Å². The molecule has 4 heterocycles. The zero-order chi connectivity index (χ0) is 18.4. The van der Waals surface area contributed by atoms with E-state index in [0.717, 1.165) is 48.1 Å². The van der Waals surface area contributed by atoms with Gasteiger partial charge < -0.3 is 5.32 Å². The maximum atomic E-state index is 12.7. The Bertz CT molecular complexity index is 1200. The van der Waals surface area contributed by atoms with Gasteiger partial charge in [-0.25, -0.2) is 4.98 Å². The zero-order valence-electron chi connectivity index (χ0n) is 15.1. The van der Waals surface area contributed by atoms with Gasteiger partial charge in [0.05, 0.1) is 16.9 Å². The lowest BCUT2D eigenvalue weighted by Gasteiger charge is -2.22. The average Bonchev–Trinajstić information content (AvgIpc) is 3.07. The molecule has 5 rings (SSSR count). The van der Waals surface area contributed by atoms with Crippen LogP contribution in [0, 0.1) is 0 Å². The number of aromatic nitrogens is 5. The zero-order valence-corrected chi connectivity index (χ0v) is 15.1. The molecule has 3 aromatic heterocycles. The molecule has 7 nitrogen and oxygen atoms in total. The summed E-state index contributed by atoms with van der Waals surface area (Å²) in [5, 5.41) is 13.4. The predicted octanol–water partition coefficient (Wildman–Crippen LogP) is 2.11. The standard InChI is InChI=1S/C20H20N6O/c1-25-12-15-10-14(2-3-17(15)23-25)18-11-20(27)26-19(22-18)5-4-16(24-26)13-6-8-21-9-7-13/h2-5,10-13,21H,6-9H2,1H3. The van der Waals surface area contributed by atoms with Crippen molar-refractivity contribution >= 4 is 16.6 Å². The summed E-state index contributed by atoms with van der Waals surface area (Å²) in [6.45, 7) is 1.99. The molecule has 1 fully saturated rings. The van der Waals surface area contributed by atoms with Crippen molar-refractivity contribution in [3.05, 3.63) is 58.6 Å².